The first-order valence-electron chi connectivity index (χ1n) is 10.5. The van der Waals surface area contributed by atoms with E-state index < -0.39 is 17.8 Å². The van der Waals surface area contributed by atoms with Crippen LogP contribution in [0.3, 0.4) is 0 Å². The third kappa shape index (κ3) is 5.16. The zero-order valence-corrected chi connectivity index (χ0v) is 18.2. The van der Waals surface area contributed by atoms with E-state index in [1.165, 1.54) is 19.1 Å². The highest BCUT2D eigenvalue weighted by Crippen LogP contribution is 2.32. The van der Waals surface area contributed by atoms with Crippen LogP contribution in [0.25, 0.3) is 11.0 Å². The van der Waals surface area contributed by atoms with Crippen LogP contribution in [0.5, 0.6) is 0 Å². The van der Waals surface area contributed by atoms with E-state index in [-0.39, 0.29) is 18.4 Å². The number of benzene rings is 2. The van der Waals surface area contributed by atoms with Crippen molar-refractivity contribution in [1.29, 1.82) is 0 Å². The number of aryl methyl sites for hydroxylation is 1. The van der Waals surface area contributed by atoms with Gasteiger partial charge in [0.1, 0.15) is 5.82 Å². The van der Waals surface area contributed by atoms with Gasteiger partial charge in [0.2, 0.25) is 11.8 Å². The monoisotopic (exact) mass is 459 g/mol. The first-order chi connectivity index (χ1) is 15.6. The second kappa shape index (κ2) is 8.86. The topological polar surface area (TPSA) is 81.3 Å². The average molecular weight is 459 g/mol. The molecule has 1 saturated heterocycles. The molecule has 2 heterocycles. The van der Waals surface area contributed by atoms with E-state index >= 15 is 0 Å². The Morgan fingerprint density at radius 1 is 1.15 bits per heavy atom. The van der Waals surface area contributed by atoms with Crippen LogP contribution in [0, 0.1) is 6.92 Å². The van der Waals surface area contributed by atoms with E-state index in [2.05, 4.69) is 15.3 Å². The molecule has 1 aliphatic rings. The SMILES string of the molecule is CC(=O)N1CCN(CC(=O)Nc2ccc3nc(C)[nH]c3c2)CC1c1ccc(C(F)(F)F)cc1. The van der Waals surface area contributed by atoms with Crippen molar-refractivity contribution in [1.82, 2.24) is 19.8 Å². The van der Waals surface area contributed by atoms with E-state index in [0.717, 1.165) is 29.0 Å². The molecule has 1 aromatic heterocycles. The van der Waals surface area contributed by atoms with Gasteiger partial charge in [-0.2, -0.15) is 13.2 Å². The number of alkyl halides is 3. The molecule has 4 rings (SSSR count). The van der Waals surface area contributed by atoms with Crippen molar-refractivity contribution < 1.29 is 22.8 Å². The summed E-state index contributed by atoms with van der Waals surface area (Å²) in [6, 6.07) is 9.81. The van der Waals surface area contributed by atoms with Crippen molar-refractivity contribution >= 4 is 28.5 Å². The molecule has 3 aromatic rings. The molecule has 1 fully saturated rings. The lowest BCUT2D eigenvalue weighted by Gasteiger charge is -2.41. The summed E-state index contributed by atoms with van der Waals surface area (Å²) < 4.78 is 38.7. The molecule has 33 heavy (non-hydrogen) atoms. The van der Waals surface area contributed by atoms with Gasteiger partial charge < -0.3 is 15.2 Å². The predicted octanol–water partition coefficient (Wildman–Crippen LogP) is 3.73. The number of rotatable bonds is 4. The molecule has 10 heteroatoms. The van der Waals surface area contributed by atoms with Gasteiger partial charge in [0, 0.05) is 32.2 Å². The van der Waals surface area contributed by atoms with Crippen LogP contribution in [-0.2, 0) is 15.8 Å². The summed E-state index contributed by atoms with van der Waals surface area (Å²) in [4.78, 5) is 35.8. The number of halogens is 3. The molecule has 7 nitrogen and oxygen atoms in total. The zero-order valence-electron chi connectivity index (χ0n) is 18.2. The Hall–Kier alpha value is -3.40. The Balaban J connectivity index is 1.44. The number of piperazine rings is 1. The van der Waals surface area contributed by atoms with Gasteiger partial charge in [0.15, 0.2) is 0 Å². The van der Waals surface area contributed by atoms with Crippen LogP contribution < -0.4 is 5.32 Å². The summed E-state index contributed by atoms with van der Waals surface area (Å²) in [5, 5.41) is 2.87. The molecule has 0 aliphatic carbocycles. The molecule has 2 aromatic carbocycles. The lowest BCUT2D eigenvalue weighted by Crippen LogP contribution is -2.51. The zero-order chi connectivity index (χ0) is 23.8. The standard InChI is InChI=1S/C23H24F3N5O2/c1-14-27-19-8-7-18(11-20(19)28-14)29-22(33)13-30-9-10-31(15(2)32)21(12-30)16-3-5-17(6-4-16)23(24,25)26/h3-8,11,21H,9-10,12-13H2,1-2H3,(H,27,28)(H,29,33). The van der Waals surface area contributed by atoms with Gasteiger partial charge in [-0.15, -0.1) is 0 Å². The maximum Gasteiger partial charge on any atom is 0.416 e. The Kier molecular flexibility index (Phi) is 6.11. The fraction of sp³-hybridized carbons (Fsp3) is 0.348. The van der Waals surface area contributed by atoms with Gasteiger partial charge in [-0.25, -0.2) is 4.98 Å². The summed E-state index contributed by atoms with van der Waals surface area (Å²) in [5.41, 5.74) is 2.13. The summed E-state index contributed by atoms with van der Waals surface area (Å²) >= 11 is 0. The molecule has 2 N–H and O–H groups in total. The normalized spacial score (nSPS) is 17.4. The minimum absolute atomic E-state index is 0.100. The molecule has 1 unspecified atom stereocenters. The summed E-state index contributed by atoms with van der Waals surface area (Å²) in [5.74, 6) is 0.409. The van der Waals surface area contributed by atoms with E-state index in [1.807, 2.05) is 24.0 Å². The molecule has 0 spiro atoms. The Bertz CT molecular complexity index is 1170. The fourth-order valence-electron chi connectivity index (χ4n) is 4.16. The first kappa shape index (κ1) is 22.8. The van der Waals surface area contributed by atoms with Crippen LogP contribution in [0.4, 0.5) is 18.9 Å². The van der Waals surface area contributed by atoms with Crippen molar-refractivity contribution in [2.75, 3.05) is 31.5 Å². The number of fused-ring (bicyclic) bond motifs is 1. The van der Waals surface area contributed by atoms with Gasteiger partial charge in [0.25, 0.3) is 0 Å². The molecule has 0 saturated carbocycles. The van der Waals surface area contributed by atoms with Crippen molar-refractivity contribution in [3.63, 3.8) is 0 Å². The fourth-order valence-corrected chi connectivity index (χ4v) is 4.16. The number of anilines is 1. The van der Waals surface area contributed by atoms with Crippen molar-refractivity contribution in [3.05, 3.63) is 59.4 Å². The van der Waals surface area contributed by atoms with Gasteiger partial charge in [-0.05, 0) is 42.8 Å². The second-order valence-corrected chi connectivity index (χ2v) is 8.19. The molecule has 0 bridgehead atoms. The summed E-state index contributed by atoms with van der Waals surface area (Å²) in [6.07, 6.45) is -4.42. The van der Waals surface area contributed by atoms with Gasteiger partial charge in [-0.3, -0.25) is 14.5 Å². The molecular formula is C23H24F3N5O2. The van der Waals surface area contributed by atoms with Crippen LogP contribution in [0.15, 0.2) is 42.5 Å². The van der Waals surface area contributed by atoms with Crippen molar-refractivity contribution in [2.24, 2.45) is 0 Å². The number of amides is 2. The predicted molar refractivity (Wildman–Crippen MR) is 117 cm³/mol. The third-order valence-corrected chi connectivity index (χ3v) is 5.74. The Morgan fingerprint density at radius 3 is 2.55 bits per heavy atom. The summed E-state index contributed by atoms with van der Waals surface area (Å²) in [7, 11) is 0. The van der Waals surface area contributed by atoms with Crippen LogP contribution in [0.1, 0.15) is 29.9 Å². The second-order valence-electron chi connectivity index (χ2n) is 8.19. The van der Waals surface area contributed by atoms with Crippen molar-refractivity contribution in [3.8, 4) is 0 Å². The average Bonchev–Trinajstić information content (AvgIpc) is 3.12. The van der Waals surface area contributed by atoms with Crippen molar-refractivity contribution in [2.45, 2.75) is 26.1 Å². The maximum absolute atomic E-state index is 12.9. The number of hydrogen-bond donors (Lipinski definition) is 2. The van der Waals surface area contributed by atoms with Gasteiger partial charge in [0.05, 0.1) is 29.2 Å². The number of carbonyl (C=O) groups excluding carboxylic acids is 2. The van der Waals surface area contributed by atoms with Gasteiger partial charge in [-0.1, -0.05) is 12.1 Å². The number of hydrogen-bond acceptors (Lipinski definition) is 4. The highest BCUT2D eigenvalue weighted by atomic mass is 19.4. The molecule has 1 atom stereocenters. The number of aromatic amines is 1. The lowest BCUT2D eigenvalue weighted by atomic mass is 10.0. The largest absolute Gasteiger partial charge is 0.416 e. The quantitative estimate of drug-likeness (QED) is 0.623. The van der Waals surface area contributed by atoms with Crippen LogP contribution in [0.2, 0.25) is 0 Å². The first-order valence-corrected chi connectivity index (χ1v) is 10.5. The number of H-pyrrole nitrogens is 1. The van der Waals surface area contributed by atoms with E-state index in [0.29, 0.717) is 30.9 Å². The number of aromatic nitrogens is 2. The molecule has 2 amide bonds. The Labute approximate surface area is 188 Å². The van der Waals surface area contributed by atoms with E-state index in [9.17, 15) is 22.8 Å². The third-order valence-electron chi connectivity index (χ3n) is 5.74. The molecule has 174 valence electrons. The highest BCUT2D eigenvalue weighted by Gasteiger charge is 2.33. The summed E-state index contributed by atoms with van der Waals surface area (Å²) in [6.45, 7) is 4.61. The number of nitrogens with one attached hydrogen (secondary N) is 2. The Morgan fingerprint density at radius 2 is 1.88 bits per heavy atom. The molecular weight excluding hydrogens is 435 g/mol. The molecule has 1 aliphatic heterocycles. The molecule has 0 radical (unpaired) electrons. The number of imidazole rings is 1. The number of nitrogens with zero attached hydrogens (tertiary/aromatic N) is 3. The smallest absolute Gasteiger partial charge is 0.342 e. The lowest BCUT2D eigenvalue weighted by molar-refractivity contribution is -0.138. The van der Waals surface area contributed by atoms with Gasteiger partial charge >= 0.3 is 6.18 Å². The number of carbonyl (C=O) groups is 2. The van der Waals surface area contributed by atoms with Crippen LogP contribution >= 0.6 is 0 Å². The minimum Gasteiger partial charge on any atom is -0.342 e. The maximum atomic E-state index is 12.9. The van der Waals surface area contributed by atoms with Crippen LogP contribution in [-0.4, -0.2) is 57.8 Å². The van der Waals surface area contributed by atoms with E-state index in [4.69, 9.17) is 0 Å². The highest BCUT2D eigenvalue weighted by molar-refractivity contribution is 5.94. The van der Waals surface area contributed by atoms with E-state index in [1.54, 1.807) is 11.0 Å². The minimum atomic E-state index is -4.42.